The average molecular weight is 142 g/mol. The van der Waals surface area contributed by atoms with Gasteiger partial charge in [-0.1, -0.05) is 6.58 Å². The molecule has 3 heteroatoms. The molecular formula is C7H10O3. The van der Waals surface area contributed by atoms with Gasteiger partial charge in [0.1, 0.15) is 0 Å². The summed E-state index contributed by atoms with van der Waals surface area (Å²) in [5, 5.41) is 0. The van der Waals surface area contributed by atoms with Crippen molar-refractivity contribution in [3.05, 3.63) is 12.2 Å². The molecule has 1 atom stereocenters. The summed E-state index contributed by atoms with van der Waals surface area (Å²) in [6.07, 6.45) is 2.96. The first-order chi connectivity index (χ1) is 4.83. The smallest absolute Gasteiger partial charge is 0.225 e. The van der Waals surface area contributed by atoms with Gasteiger partial charge in [0.25, 0.3) is 0 Å². The third kappa shape index (κ3) is 0.714. The minimum Gasteiger partial charge on any atom is -0.314 e. The molecule has 1 saturated carbocycles. The topological polar surface area (TPSA) is 27.7 Å². The predicted molar refractivity (Wildman–Crippen MR) is 33.8 cm³/mol. The Kier molecular flexibility index (Phi) is 1.30. The fourth-order valence-electron chi connectivity index (χ4n) is 1.44. The normalized spacial score (nSPS) is 39.8. The van der Waals surface area contributed by atoms with Gasteiger partial charge in [-0.05, 0) is 18.4 Å². The van der Waals surface area contributed by atoms with Crippen LogP contribution in [0.25, 0.3) is 0 Å². The summed E-state index contributed by atoms with van der Waals surface area (Å²) >= 11 is 0. The standard InChI is InChI=1S/C7H10O3/c1-6-3-2-4-7(6)8-5-9-10-7/h1-5H2. The van der Waals surface area contributed by atoms with Gasteiger partial charge in [0.15, 0.2) is 6.79 Å². The number of hydrogen-bond donors (Lipinski definition) is 0. The SMILES string of the molecule is C=C1CCCC12OCOO2. The number of rotatable bonds is 0. The summed E-state index contributed by atoms with van der Waals surface area (Å²) in [5.74, 6) is -0.569. The van der Waals surface area contributed by atoms with Gasteiger partial charge in [-0.2, -0.15) is 4.89 Å². The van der Waals surface area contributed by atoms with Crippen molar-refractivity contribution in [3.8, 4) is 0 Å². The van der Waals surface area contributed by atoms with Gasteiger partial charge in [-0.25, -0.2) is 4.89 Å². The summed E-state index contributed by atoms with van der Waals surface area (Å²) < 4.78 is 5.27. The van der Waals surface area contributed by atoms with Gasteiger partial charge in [0.05, 0.1) is 0 Å². The molecule has 1 aliphatic carbocycles. The van der Waals surface area contributed by atoms with E-state index in [0.29, 0.717) is 0 Å². The molecule has 0 bridgehead atoms. The van der Waals surface area contributed by atoms with E-state index >= 15 is 0 Å². The summed E-state index contributed by atoms with van der Waals surface area (Å²) in [6, 6.07) is 0. The molecule has 56 valence electrons. The molecule has 0 amide bonds. The molecule has 0 aromatic rings. The zero-order valence-corrected chi connectivity index (χ0v) is 5.76. The molecule has 1 unspecified atom stereocenters. The van der Waals surface area contributed by atoms with Crippen molar-refractivity contribution in [1.82, 2.24) is 0 Å². The molecule has 10 heavy (non-hydrogen) atoms. The molecule has 3 nitrogen and oxygen atoms in total. The average Bonchev–Trinajstić information content (AvgIpc) is 2.48. The van der Waals surface area contributed by atoms with E-state index in [2.05, 4.69) is 11.5 Å². The van der Waals surface area contributed by atoms with Crippen LogP contribution in [0.2, 0.25) is 0 Å². The Morgan fingerprint density at radius 3 is 2.90 bits per heavy atom. The molecule has 2 rings (SSSR count). The van der Waals surface area contributed by atoms with Gasteiger partial charge in [-0.3, -0.25) is 0 Å². The Morgan fingerprint density at radius 1 is 1.50 bits per heavy atom. The van der Waals surface area contributed by atoms with E-state index in [1.165, 1.54) is 0 Å². The molecule has 0 radical (unpaired) electrons. The molecule has 0 N–H and O–H groups in total. The maximum absolute atomic E-state index is 5.27. The van der Waals surface area contributed by atoms with Crippen LogP contribution in [0, 0.1) is 0 Å². The third-order valence-corrected chi connectivity index (χ3v) is 2.06. The molecule has 1 heterocycles. The molecule has 1 spiro atoms. The quantitative estimate of drug-likeness (QED) is 0.377. The van der Waals surface area contributed by atoms with Gasteiger partial charge in [-0.15, -0.1) is 0 Å². The van der Waals surface area contributed by atoms with Crippen LogP contribution < -0.4 is 0 Å². The first-order valence-electron chi connectivity index (χ1n) is 3.46. The zero-order valence-electron chi connectivity index (χ0n) is 5.76. The first kappa shape index (κ1) is 6.34. The second kappa shape index (κ2) is 2.05. The lowest BCUT2D eigenvalue weighted by atomic mass is 10.2. The zero-order chi connectivity index (χ0) is 7.03. The van der Waals surface area contributed by atoms with Crippen LogP contribution in [-0.2, 0) is 14.5 Å². The fourth-order valence-corrected chi connectivity index (χ4v) is 1.44. The van der Waals surface area contributed by atoms with Gasteiger partial charge < -0.3 is 4.74 Å². The van der Waals surface area contributed by atoms with Crippen LogP contribution in [-0.4, -0.2) is 12.6 Å². The monoisotopic (exact) mass is 142 g/mol. The van der Waals surface area contributed by atoms with Crippen molar-refractivity contribution in [2.24, 2.45) is 0 Å². The summed E-state index contributed by atoms with van der Waals surface area (Å²) in [6.45, 7) is 4.09. The fraction of sp³-hybridized carbons (Fsp3) is 0.714. The highest BCUT2D eigenvalue weighted by Crippen LogP contribution is 2.40. The minimum absolute atomic E-state index is 0.235. The van der Waals surface area contributed by atoms with Crippen molar-refractivity contribution in [1.29, 1.82) is 0 Å². The molecule has 2 fully saturated rings. The Hall–Kier alpha value is -0.380. The molecule has 0 aromatic heterocycles. The summed E-state index contributed by atoms with van der Waals surface area (Å²) in [4.78, 5) is 9.66. The van der Waals surface area contributed by atoms with Crippen molar-refractivity contribution >= 4 is 0 Å². The van der Waals surface area contributed by atoms with Crippen LogP contribution in [0.4, 0.5) is 0 Å². The molecule has 2 aliphatic rings. The molecule has 1 aliphatic heterocycles. The van der Waals surface area contributed by atoms with Crippen LogP contribution in [0.5, 0.6) is 0 Å². The molecule has 1 saturated heterocycles. The van der Waals surface area contributed by atoms with Crippen molar-refractivity contribution < 1.29 is 14.5 Å². The van der Waals surface area contributed by atoms with E-state index in [9.17, 15) is 0 Å². The van der Waals surface area contributed by atoms with E-state index in [1.54, 1.807) is 0 Å². The van der Waals surface area contributed by atoms with Crippen molar-refractivity contribution in [3.63, 3.8) is 0 Å². The van der Waals surface area contributed by atoms with Crippen LogP contribution in [0.15, 0.2) is 12.2 Å². The van der Waals surface area contributed by atoms with E-state index in [0.717, 1.165) is 24.8 Å². The summed E-state index contributed by atoms with van der Waals surface area (Å²) in [7, 11) is 0. The minimum atomic E-state index is -0.569. The largest absolute Gasteiger partial charge is 0.314 e. The maximum Gasteiger partial charge on any atom is 0.225 e. The molecular weight excluding hydrogens is 132 g/mol. The number of ether oxygens (including phenoxy) is 1. The lowest BCUT2D eigenvalue weighted by Crippen LogP contribution is -2.26. The van der Waals surface area contributed by atoms with Crippen LogP contribution in [0.1, 0.15) is 19.3 Å². The van der Waals surface area contributed by atoms with E-state index in [1.807, 2.05) is 0 Å². The van der Waals surface area contributed by atoms with E-state index in [4.69, 9.17) is 9.62 Å². The number of hydrogen-bond acceptors (Lipinski definition) is 3. The van der Waals surface area contributed by atoms with Gasteiger partial charge in [0, 0.05) is 6.42 Å². The van der Waals surface area contributed by atoms with E-state index in [-0.39, 0.29) is 6.79 Å². The Morgan fingerprint density at radius 2 is 2.40 bits per heavy atom. The first-order valence-corrected chi connectivity index (χ1v) is 3.46. The lowest BCUT2D eigenvalue weighted by Gasteiger charge is -2.18. The second-order valence-electron chi connectivity index (χ2n) is 2.67. The van der Waals surface area contributed by atoms with E-state index < -0.39 is 5.79 Å². The highest BCUT2D eigenvalue weighted by Gasteiger charge is 2.44. The highest BCUT2D eigenvalue weighted by atomic mass is 17.3. The Balaban J connectivity index is 2.19. The van der Waals surface area contributed by atoms with Gasteiger partial charge in [0.2, 0.25) is 5.79 Å². The second-order valence-corrected chi connectivity index (χ2v) is 2.67. The van der Waals surface area contributed by atoms with Crippen LogP contribution in [0.3, 0.4) is 0 Å². The lowest BCUT2D eigenvalue weighted by molar-refractivity contribution is -0.305. The molecule has 0 aromatic carbocycles. The van der Waals surface area contributed by atoms with Crippen molar-refractivity contribution in [2.45, 2.75) is 25.0 Å². The Labute approximate surface area is 59.5 Å². The van der Waals surface area contributed by atoms with Gasteiger partial charge >= 0.3 is 0 Å². The van der Waals surface area contributed by atoms with Crippen LogP contribution >= 0.6 is 0 Å². The highest BCUT2D eigenvalue weighted by molar-refractivity contribution is 5.13. The third-order valence-electron chi connectivity index (χ3n) is 2.06. The maximum atomic E-state index is 5.27. The predicted octanol–water partition coefficient (Wildman–Crippen LogP) is 1.36. The Bertz CT molecular complexity index is 153. The van der Waals surface area contributed by atoms with Crippen molar-refractivity contribution in [2.75, 3.05) is 6.79 Å². The summed E-state index contributed by atoms with van der Waals surface area (Å²) in [5.41, 5.74) is 1.00.